The lowest BCUT2D eigenvalue weighted by atomic mass is 10.0. The Balaban J connectivity index is 1.41. The minimum Gasteiger partial charge on any atom is -0.361 e. The number of aromatic amines is 1. The second-order valence-electron chi connectivity index (χ2n) is 8.94. The number of amides is 2. The van der Waals surface area contributed by atoms with Crippen molar-refractivity contribution >= 4 is 22.7 Å². The molecule has 2 aromatic heterocycles. The molecule has 2 amide bonds. The van der Waals surface area contributed by atoms with Gasteiger partial charge in [0.25, 0.3) is 11.5 Å². The van der Waals surface area contributed by atoms with Gasteiger partial charge in [-0.15, -0.1) is 0 Å². The number of carbonyl (C=O) groups is 2. The Bertz CT molecular complexity index is 1260. The molecule has 2 fully saturated rings. The van der Waals surface area contributed by atoms with Crippen LogP contribution in [0.25, 0.3) is 10.9 Å². The standard InChI is InChI=1S/C25H28N4O3/c1-16-9-12-27(13-10-18-14-26-21-8-4-3-7-20(18)21)24(31)22(16)25(32)29-15-19-6-5-11-28(19)23(30)17(29)2/h3-4,7-9,12,14,17,19,26H,5-6,10-11,13,15H2,1-2H3/t17-,19-/m1/s1. The third-order valence-electron chi connectivity index (χ3n) is 7.04. The summed E-state index contributed by atoms with van der Waals surface area (Å²) in [6, 6.07) is 9.42. The Hall–Kier alpha value is -3.35. The van der Waals surface area contributed by atoms with E-state index in [9.17, 15) is 14.4 Å². The predicted octanol–water partition coefficient (Wildman–Crippen LogP) is 2.72. The van der Waals surface area contributed by atoms with Crippen LogP contribution in [0.2, 0.25) is 0 Å². The average Bonchev–Trinajstić information content (AvgIpc) is 3.43. The zero-order valence-corrected chi connectivity index (χ0v) is 18.5. The van der Waals surface area contributed by atoms with E-state index in [0.29, 0.717) is 25.1 Å². The number of nitrogens with zero attached hydrogens (tertiary/aromatic N) is 3. The maximum Gasteiger partial charge on any atom is 0.263 e. The molecule has 2 aliphatic rings. The highest BCUT2D eigenvalue weighted by atomic mass is 16.2. The van der Waals surface area contributed by atoms with Crippen molar-refractivity contribution in [3.63, 3.8) is 0 Å². The Morgan fingerprint density at radius 3 is 2.84 bits per heavy atom. The SMILES string of the molecule is Cc1ccn(CCc2c[nH]c3ccccc23)c(=O)c1C(=O)N1C[C@H]2CCCN2C(=O)[C@H]1C. The summed E-state index contributed by atoms with van der Waals surface area (Å²) in [5.41, 5.74) is 2.74. The first kappa shape index (κ1) is 20.5. The van der Waals surface area contributed by atoms with E-state index in [0.717, 1.165) is 35.9 Å². The van der Waals surface area contributed by atoms with Gasteiger partial charge in [0.2, 0.25) is 5.91 Å². The summed E-state index contributed by atoms with van der Waals surface area (Å²) in [6.45, 7) is 5.29. The summed E-state index contributed by atoms with van der Waals surface area (Å²) >= 11 is 0. The van der Waals surface area contributed by atoms with Crippen LogP contribution in [-0.4, -0.2) is 56.3 Å². The van der Waals surface area contributed by atoms with Crippen molar-refractivity contribution in [2.45, 2.75) is 51.7 Å². The minimum absolute atomic E-state index is 0.0136. The van der Waals surface area contributed by atoms with E-state index in [1.165, 1.54) is 0 Å². The quantitative estimate of drug-likeness (QED) is 0.689. The zero-order chi connectivity index (χ0) is 22.4. The largest absolute Gasteiger partial charge is 0.361 e. The monoisotopic (exact) mass is 432 g/mol. The number of H-pyrrole nitrogens is 1. The van der Waals surface area contributed by atoms with E-state index < -0.39 is 6.04 Å². The van der Waals surface area contributed by atoms with Gasteiger partial charge < -0.3 is 19.4 Å². The fourth-order valence-corrected chi connectivity index (χ4v) is 5.16. The number of piperazine rings is 1. The van der Waals surface area contributed by atoms with Gasteiger partial charge in [-0.1, -0.05) is 18.2 Å². The first-order valence-electron chi connectivity index (χ1n) is 11.3. The normalized spacial score (nSPS) is 20.8. The molecule has 32 heavy (non-hydrogen) atoms. The summed E-state index contributed by atoms with van der Waals surface area (Å²) < 4.78 is 1.61. The van der Waals surface area contributed by atoms with Crippen LogP contribution in [0.4, 0.5) is 0 Å². The Morgan fingerprint density at radius 2 is 2.00 bits per heavy atom. The van der Waals surface area contributed by atoms with E-state index in [1.54, 1.807) is 29.5 Å². The molecular weight excluding hydrogens is 404 g/mol. The lowest BCUT2D eigenvalue weighted by molar-refractivity contribution is -0.141. The summed E-state index contributed by atoms with van der Waals surface area (Å²) in [6.07, 6.45) is 6.29. The maximum atomic E-state index is 13.5. The number of fused-ring (bicyclic) bond motifs is 2. The van der Waals surface area contributed by atoms with E-state index in [2.05, 4.69) is 11.1 Å². The first-order valence-corrected chi connectivity index (χ1v) is 11.3. The second-order valence-corrected chi connectivity index (χ2v) is 8.94. The number of aryl methyl sites for hydroxylation is 3. The molecule has 0 spiro atoms. The molecule has 7 heteroatoms. The van der Waals surface area contributed by atoms with E-state index in [1.807, 2.05) is 35.4 Å². The first-order chi connectivity index (χ1) is 15.5. The molecule has 2 aliphatic heterocycles. The second kappa shape index (κ2) is 7.97. The van der Waals surface area contributed by atoms with E-state index in [-0.39, 0.29) is 29.0 Å². The third-order valence-corrected chi connectivity index (χ3v) is 7.04. The van der Waals surface area contributed by atoms with E-state index >= 15 is 0 Å². The molecular formula is C25H28N4O3. The van der Waals surface area contributed by atoms with Gasteiger partial charge in [0, 0.05) is 49.0 Å². The summed E-state index contributed by atoms with van der Waals surface area (Å²) in [7, 11) is 0. The number of hydrogen-bond donors (Lipinski definition) is 1. The molecule has 2 saturated heterocycles. The number of rotatable bonds is 4. The molecule has 166 valence electrons. The molecule has 0 unspecified atom stereocenters. The van der Waals surface area contributed by atoms with Crippen LogP contribution in [0.1, 0.15) is 41.3 Å². The van der Waals surface area contributed by atoms with Gasteiger partial charge in [-0.2, -0.15) is 0 Å². The Kier molecular flexibility index (Phi) is 5.12. The van der Waals surface area contributed by atoms with Gasteiger partial charge in [-0.3, -0.25) is 14.4 Å². The highest BCUT2D eigenvalue weighted by Crippen LogP contribution is 2.27. The van der Waals surface area contributed by atoms with Crippen LogP contribution >= 0.6 is 0 Å². The van der Waals surface area contributed by atoms with Crippen molar-refractivity contribution in [3.8, 4) is 0 Å². The number of aromatic nitrogens is 2. The molecule has 4 heterocycles. The van der Waals surface area contributed by atoms with Crippen LogP contribution in [0.15, 0.2) is 47.5 Å². The van der Waals surface area contributed by atoms with Crippen molar-refractivity contribution < 1.29 is 9.59 Å². The van der Waals surface area contributed by atoms with Crippen molar-refractivity contribution in [2.24, 2.45) is 0 Å². The maximum absolute atomic E-state index is 13.5. The summed E-state index contributed by atoms with van der Waals surface area (Å²) in [5, 5.41) is 1.14. The number of para-hydroxylation sites is 1. The minimum atomic E-state index is -0.546. The number of carbonyl (C=O) groups excluding carboxylic acids is 2. The van der Waals surface area contributed by atoms with Crippen LogP contribution in [0, 0.1) is 6.92 Å². The summed E-state index contributed by atoms with van der Waals surface area (Å²) in [5.74, 6) is -0.346. The average molecular weight is 433 g/mol. The van der Waals surface area contributed by atoms with Crippen molar-refractivity contribution in [2.75, 3.05) is 13.1 Å². The Morgan fingerprint density at radius 1 is 1.19 bits per heavy atom. The smallest absolute Gasteiger partial charge is 0.263 e. The lowest BCUT2D eigenvalue weighted by Crippen LogP contribution is -2.60. The zero-order valence-electron chi connectivity index (χ0n) is 18.5. The molecule has 7 nitrogen and oxygen atoms in total. The summed E-state index contributed by atoms with van der Waals surface area (Å²) in [4.78, 5) is 46.3. The highest BCUT2D eigenvalue weighted by Gasteiger charge is 2.42. The van der Waals surface area contributed by atoms with Crippen LogP contribution in [-0.2, 0) is 17.8 Å². The number of benzene rings is 1. The van der Waals surface area contributed by atoms with Crippen LogP contribution in [0.5, 0.6) is 0 Å². The van der Waals surface area contributed by atoms with Crippen molar-refractivity contribution in [3.05, 3.63) is 69.8 Å². The lowest BCUT2D eigenvalue weighted by Gasteiger charge is -2.41. The number of pyridine rings is 1. The van der Waals surface area contributed by atoms with Crippen LogP contribution < -0.4 is 5.56 Å². The number of nitrogens with one attached hydrogen (secondary N) is 1. The molecule has 1 aromatic carbocycles. The van der Waals surface area contributed by atoms with E-state index in [4.69, 9.17) is 0 Å². The fourth-order valence-electron chi connectivity index (χ4n) is 5.16. The topological polar surface area (TPSA) is 78.4 Å². The van der Waals surface area contributed by atoms with Gasteiger partial charge in [-0.25, -0.2) is 0 Å². The van der Waals surface area contributed by atoms with Crippen molar-refractivity contribution in [1.29, 1.82) is 0 Å². The fraction of sp³-hybridized carbons (Fsp3) is 0.400. The molecule has 0 saturated carbocycles. The van der Waals surface area contributed by atoms with Gasteiger partial charge >= 0.3 is 0 Å². The Labute approximate surface area is 186 Å². The number of hydrogen-bond acceptors (Lipinski definition) is 3. The molecule has 3 aromatic rings. The predicted molar refractivity (Wildman–Crippen MR) is 123 cm³/mol. The third kappa shape index (κ3) is 3.32. The van der Waals surface area contributed by atoms with Crippen LogP contribution in [0.3, 0.4) is 0 Å². The molecule has 0 radical (unpaired) electrons. The molecule has 1 N–H and O–H groups in total. The highest BCUT2D eigenvalue weighted by molar-refractivity contribution is 5.99. The van der Waals surface area contributed by atoms with Crippen molar-refractivity contribution in [1.82, 2.24) is 19.4 Å². The molecule has 0 bridgehead atoms. The molecule has 5 rings (SSSR count). The molecule has 2 atom stereocenters. The van der Waals surface area contributed by atoms with Gasteiger partial charge in [-0.05, 0) is 56.4 Å². The van der Waals surface area contributed by atoms with Gasteiger partial charge in [0.05, 0.1) is 0 Å². The molecule has 0 aliphatic carbocycles. The van der Waals surface area contributed by atoms with Gasteiger partial charge in [0.15, 0.2) is 0 Å². The van der Waals surface area contributed by atoms with Gasteiger partial charge in [0.1, 0.15) is 11.6 Å².